The molecule has 1 amide bonds. The standard InChI is InChI=1S/C17H22N2O3/c1-2-13-7-5-6-11-18(13)16(20)10-12-19-14-8-3-4-9-15(14)22-17(19)21/h3-4,8-9,13H,2,5-7,10-12H2,1H3/t13-/m1/s1. The molecule has 1 aliphatic heterocycles. The fourth-order valence-corrected chi connectivity index (χ4v) is 3.33. The first-order chi connectivity index (χ1) is 10.7. The predicted molar refractivity (Wildman–Crippen MR) is 84.7 cm³/mol. The SMILES string of the molecule is CC[C@@H]1CCCCN1C(=O)CCn1c(=O)oc2ccccc21. The molecular weight excluding hydrogens is 280 g/mol. The molecular formula is C17H22N2O3. The fourth-order valence-electron chi connectivity index (χ4n) is 3.33. The molecule has 1 fully saturated rings. The molecule has 1 aromatic carbocycles. The van der Waals surface area contributed by atoms with Gasteiger partial charge in [0.2, 0.25) is 5.91 Å². The number of piperidine rings is 1. The molecule has 5 nitrogen and oxygen atoms in total. The summed E-state index contributed by atoms with van der Waals surface area (Å²) in [5.74, 6) is -0.247. The lowest BCUT2D eigenvalue weighted by Crippen LogP contribution is -2.43. The van der Waals surface area contributed by atoms with Crippen molar-refractivity contribution in [2.75, 3.05) is 6.54 Å². The van der Waals surface area contributed by atoms with Crippen molar-refractivity contribution in [2.45, 2.75) is 51.6 Å². The molecule has 5 heteroatoms. The number of hydrogen-bond donors (Lipinski definition) is 0. The molecule has 0 radical (unpaired) electrons. The van der Waals surface area contributed by atoms with Crippen molar-refractivity contribution >= 4 is 17.0 Å². The van der Waals surface area contributed by atoms with Gasteiger partial charge in [0.15, 0.2) is 5.58 Å². The lowest BCUT2D eigenvalue weighted by Gasteiger charge is -2.35. The van der Waals surface area contributed by atoms with Gasteiger partial charge in [-0.05, 0) is 37.8 Å². The van der Waals surface area contributed by atoms with E-state index >= 15 is 0 Å². The summed E-state index contributed by atoms with van der Waals surface area (Å²) >= 11 is 0. The van der Waals surface area contributed by atoms with Gasteiger partial charge < -0.3 is 9.32 Å². The number of rotatable bonds is 4. The van der Waals surface area contributed by atoms with Crippen LogP contribution in [-0.4, -0.2) is 28.0 Å². The predicted octanol–water partition coefficient (Wildman–Crippen LogP) is 2.78. The van der Waals surface area contributed by atoms with Crippen LogP contribution in [0.1, 0.15) is 39.0 Å². The summed E-state index contributed by atoms with van der Waals surface area (Å²) in [6.45, 7) is 3.35. The summed E-state index contributed by atoms with van der Waals surface area (Å²) in [4.78, 5) is 26.4. The van der Waals surface area contributed by atoms with Crippen LogP contribution in [0.25, 0.3) is 11.1 Å². The molecule has 2 heterocycles. The van der Waals surface area contributed by atoms with Gasteiger partial charge >= 0.3 is 5.76 Å². The Morgan fingerprint density at radius 2 is 2.14 bits per heavy atom. The summed E-state index contributed by atoms with van der Waals surface area (Å²) in [5.41, 5.74) is 1.33. The van der Waals surface area contributed by atoms with Crippen molar-refractivity contribution in [3.05, 3.63) is 34.8 Å². The molecule has 2 aromatic rings. The number of aromatic nitrogens is 1. The Morgan fingerprint density at radius 1 is 1.32 bits per heavy atom. The van der Waals surface area contributed by atoms with E-state index in [4.69, 9.17) is 4.42 Å². The summed E-state index contributed by atoms with van der Waals surface area (Å²) in [5, 5.41) is 0. The third-order valence-electron chi connectivity index (χ3n) is 4.54. The molecule has 0 spiro atoms. The van der Waals surface area contributed by atoms with E-state index in [9.17, 15) is 9.59 Å². The second kappa shape index (κ2) is 6.38. The van der Waals surface area contributed by atoms with Crippen LogP contribution in [0.4, 0.5) is 0 Å². The molecule has 1 saturated heterocycles. The van der Waals surface area contributed by atoms with Crippen LogP contribution in [0.3, 0.4) is 0 Å². The van der Waals surface area contributed by atoms with E-state index < -0.39 is 0 Å². The highest BCUT2D eigenvalue weighted by atomic mass is 16.4. The van der Waals surface area contributed by atoms with Crippen LogP contribution in [0.5, 0.6) is 0 Å². The maximum Gasteiger partial charge on any atom is 0.419 e. The second-order valence-electron chi connectivity index (χ2n) is 5.88. The van der Waals surface area contributed by atoms with Crippen LogP contribution in [0.15, 0.2) is 33.5 Å². The fraction of sp³-hybridized carbons (Fsp3) is 0.529. The topological polar surface area (TPSA) is 55.5 Å². The number of nitrogens with zero attached hydrogens (tertiary/aromatic N) is 2. The molecule has 1 aromatic heterocycles. The van der Waals surface area contributed by atoms with E-state index in [1.165, 1.54) is 6.42 Å². The largest absolute Gasteiger partial charge is 0.419 e. The molecule has 0 aliphatic carbocycles. The minimum atomic E-state index is -0.389. The molecule has 0 unspecified atom stereocenters. The number of benzene rings is 1. The number of hydrogen-bond acceptors (Lipinski definition) is 3. The minimum absolute atomic E-state index is 0.142. The Morgan fingerprint density at radius 3 is 2.95 bits per heavy atom. The highest BCUT2D eigenvalue weighted by Gasteiger charge is 2.25. The van der Waals surface area contributed by atoms with Crippen LogP contribution in [0, 0.1) is 0 Å². The van der Waals surface area contributed by atoms with E-state index in [1.807, 2.05) is 23.1 Å². The first-order valence-corrected chi connectivity index (χ1v) is 8.08. The Hall–Kier alpha value is -2.04. The highest BCUT2D eigenvalue weighted by Crippen LogP contribution is 2.20. The summed E-state index contributed by atoms with van der Waals surface area (Å²) in [6.07, 6.45) is 4.72. The van der Waals surface area contributed by atoms with Gasteiger partial charge in [-0.15, -0.1) is 0 Å². The zero-order chi connectivity index (χ0) is 15.5. The lowest BCUT2D eigenvalue weighted by atomic mass is 9.99. The number of aryl methyl sites for hydroxylation is 1. The van der Waals surface area contributed by atoms with Gasteiger partial charge in [-0.2, -0.15) is 0 Å². The van der Waals surface area contributed by atoms with Crippen molar-refractivity contribution in [2.24, 2.45) is 0 Å². The van der Waals surface area contributed by atoms with Crippen molar-refractivity contribution in [3.63, 3.8) is 0 Å². The van der Waals surface area contributed by atoms with E-state index in [2.05, 4.69) is 6.92 Å². The van der Waals surface area contributed by atoms with Gasteiger partial charge in [-0.1, -0.05) is 19.1 Å². The van der Waals surface area contributed by atoms with Crippen molar-refractivity contribution in [1.29, 1.82) is 0 Å². The smallest absolute Gasteiger partial charge is 0.408 e. The molecule has 22 heavy (non-hydrogen) atoms. The number of carbonyl (C=O) groups is 1. The molecule has 0 saturated carbocycles. The van der Waals surface area contributed by atoms with Crippen molar-refractivity contribution in [3.8, 4) is 0 Å². The van der Waals surface area contributed by atoms with E-state index in [0.29, 0.717) is 24.6 Å². The molecule has 3 rings (SSSR count). The zero-order valence-corrected chi connectivity index (χ0v) is 13.0. The Labute approximate surface area is 129 Å². The number of para-hydroxylation sites is 2. The van der Waals surface area contributed by atoms with E-state index in [-0.39, 0.29) is 11.7 Å². The summed E-state index contributed by atoms with van der Waals surface area (Å²) in [6, 6.07) is 7.68. The highest BCUT2D eigenvalue weighted by molar-refractivity contribution is 5.77. The monoisotopic (exact) mass is 302 g/mol. The quantitative estimate of drug-likeness (QED) is 0.872. The van der Waals surface area contributed by atoms with Crippen LogP contribution in [-0.2, 0) is 11.3 Å². The summed E-state index contributed by atoms with van der Waals surface area (Å²) in [7, 11) is 0. The number of fused-ring (bicyclic) bond motifs is 1. The van der Waals surface area contributed by atoms with Gasteiger partial charge in [-0.25, -0.2) is 4.79 Å². The van der Waals surface area contributed by atoms with Crippen LogP contribution in [0.2, 0.25) is 0 Å². The number of oxazole rings is 1. The molecule has 0 bridgehead atoms. The third kappa shape index (κ3) is 2.80. The average Bonchev–Trinajstić information content (AvgIpc) is 2.87. The van der Waals surface area contributed by atoms with Gasteiger partial charge in [0.1, 0.15) is 0 Å². The first kappa shape index (κ1) is 14.9. The second-order valence-corrected chi connectivity index (χ2v) is 5.88. The Kier molecular flexibility index (Phi) is 4.32. The molecule has 1 aliphatic rings. The van der Waals surface area contributed by atoms with Crippen LogP contribution >= 0.6 is 0 Å². The Balaban J connectivity index is 1.72. The maximum atomic E-state index is 12.5. The molecule has 1 atom stereocenters. The Bertz CT molecular complexity index is 716. The maximum absolute atomic E-state index is 12.5. The number of amides is 1. The average molecular weight is 302 g/mol. The number of likely N-dealkylation sites (tertiary alicyclic amines) is 1. The van der Waals surface area contributed by atoms with Crippen molar-refractivity contribution < 1.29 is 9.21 Å². The normalized spacial score (nSPS) is 18.8. The first-order valence-electron chi connectivity index (χ1n) is 8.08. The summed E-state index contributed by atoms with van der Waals surface area (Å²) < 4.78 is 6.76. The van der Waals surface area contributed by atoms with E-state index in [1.54, 1.807) is 10.6 Å². The molecule has 0 N–H and O–H groups in total. The molecule has 118 valence electrons. The third-order valence-corrected chi connectivity index (χ3v) is 4.54. The van der Waals surface area contributed by atoms with Gasteiger partial charge in [0.25, 0.3) is 0 Å². The van der Waals surface area contributed by atoms with Crippen molar-refractivity contribution in [1.82, 2.24) is 9.47 Å². The lowest BCUT2D eigenvalue weighted by molar-refractivity contribution is -0.135. The number of carbonyl (C=O) groups excluding carboxylic acids is 1. The van der Waals surface area contributed by atoms with Crippen LogP contribution < -0.4 is 5.76 Å². The van der Waals surface area contributed by atoms with Gasteiger partial charge in [0, 0.05) is 25.6 Å². The zero-order valence-electron chi connectivity index (χ0n) is 13.0. The van der Waals surface area contributed by atoms with Gasteiger partial charge in [0.05, 0.1) is 5.52 Å². The van der Waals surface area contributed by atoms with Gasteiger partial charge in [-0.3, -0.25) is 9.36 Å². The minimum Gasteiger partial charge on any atom is -0.408 e. The van der Waals surface area contributed by atoms with E-state index in [0.717, 1.165) is 31.3 Å².